The standard InChI is InChI=1S/C20H36N2O4/c1-12(2)7-6-8-14(5)9-10-15(11-16(23)24)18-20(26)21-17(13(3)4)19(25)22-18/h12-15,17-18H,6-11H2,1-5H3,(H,21,26)(H,22,25)(H,23,24). The molecule has 1 rings (SSSR count). The van der Waals surface area contributed by atoms with Crippen LogP contribution in [0.5, 0.6) is 0 Å². The van der Waals surface area contributed by atoms with Gasteiger partial charge >= 0.3 is 5.97 Å². The van der Waals surface area contributed by atoms with Gasteiger partial charge in [0.2, 0.25) is 11.8 Å². The predicted octanol–water partition coefficient (Wildman–Crippen LogP) is 2.96. The summed E-state index contributed by atoms with van der Waals surface area (Å²) in [5.41, 5.74) is 0. The van der Waals surface area contributed by atoms with Gasteiger partial charge in [0.1, 0.15) is 12.1 Å². The van der Waals surface area contributed by atoms with Crippen LogP contribution in [0.15, 0.2) is 0 Å². The van der Waals surface area contributed by atoms with Crippen LogP contribution in [0.25, 0.3) is 0 Å². The Morgan fingerprint density at radius 1 is 0.923 bits per heavy atom. The second-order valence-corrected chi connectivity index (χ2v) is 8.58. The zero-order valence-corrected chi connectivity index (χ0v) is 16.9. The molecule has 150 valence electrons. The van der Waals surface area contributed by atoms with E-state index in [0.29, 0.717) is 18.3 Å². The molecule has 6 heteroatoms. The third-order valence-corrected chi connectivity index (χ3v) is 5.24. The molecular weight excluding hydrogens is 332 g/mol. The molecule has 0 aromatic carbocycles. The predicted molar refractivity (Wildman–Crippen MR) is 102 cm³/mol. The lowest BCUT2D eigenvalue weighted by Gasteiger charge is -2.35. The molecule has 0 bridgehead atoms. The Hall–Kier alpha value is -1.59. The van der Waals surface area contributed by atoms with E-state index in [9.17, 15) is 19.5 Å². The average Bonchev–Trinajstić information content (AvgIpc) is 2.52. The number of aliphatic carboxylic acids is 1. The van der Waals surface area contributed by atoms with E-state index in [1.807, 2.05) is 13.8 Å². The van der Waals surface area contributed by atoms with Crippen LogP contribution in [0.4, 0.5) is 0 Å². The lowest BCUT2D eigenvalue weighted by molar-refractivity contribution is -0.142. The fraction of sp³-hybridized carbons (Fsp3) is 0.850. The third-order valence-electron chi connectivity index (χ3n) is 5.24. The summed E-state index contributed by atoms with van der Waals surface area (Å²) in [5, 5.41) is 14.8. The molecule has 0 saturated carbocycles. The Labute approximate surface area is 157 Å². The zero-order chi connectivity index (χ0) is 19.9. The van der Waals surface area contributed by atoms with E-state index >= 15 is 0 Å². The summed E-state index contributed by atoms with van der Waals surface area (Å²) in [4.78, 5) is 36.0. The van der Waals surface area contributed by atoms with Crippen LogP contribution in [0.1, 0.15) is 73.1 Å². The molecular formula is C20H36N2O4. The van der Waals surface area contributed by atoms with Gasteiger partial charge in [0.25, 0.3) is 0 Å². The molecule has 0 spiro atoms. The summed E-state index contributed by atoms with van der Waals surface area (Å²) in [5.74, 6) is -0.619. The molecule has 3 N–H and O–H groups in total. The molecule has 4 atom stereocenters. The smallest absolute Gasteiger partial charge is 0.303 e. The van der Waals surface area contributed by atoms with Crippen LogP contribution in [0.3, 0.4) is 0 Å². The van der Waals surface area contributed by atoms with Gasteiger partial charge in [-0.2, -0.15) is 0 Å². The molecule has 1 aliphatic heterocycles. The van der Waals surface area contributed by atoms with Gasteiger partial charge in [-0.05, 0) is 30.1 Å². The first-order valence-electron chi connectivity index (χ1n) is 9.94. The summed E-state index contributed by atoms with van der Waals surface area (Å²) in [6.07, 6.45) is 4.85. The van der Waals surface area contributed by atoms with Gasteiger partial charge < -0.3 is 15.7 Å². The van der Waals surface area contributed by atoms with E-state index in [2.05, 4.69) is 31.4 Å². The van der Waals surface area contributed by atoms with Crippen molar-refractivity contribution in [1.29, 1.82) is 0 Å². The van der Waals surface area contributed by atoms with Crippen molar-refractivity contribution in [2.45, 2.75) is 85.2 Å². The molecule has 0 aliphatic carbocycles. The maximum Gasteiger partial charge on any atom is 0.303 e. The maximum atomic E-state index is 12.5. The fourth-order valence-corrected chi connectivity index (χ4v) is 3.55. The fourth-order valence-electron chi connectivity index (χ4n) is 3.55. The molecule has 1 fully saturated rings. The van der Waals surface area contributed by atoms with Crippen molar-refractivity contribution in [3.63, 3.8) is 0 Å². The molecule has 2 amide bonds. The van der Waals surface area contributed by atoms with Crippen molar-refractivity contribution in [2.24, 2.45) is 23.7 Å². The number of carbonyl (C=O) groups is 3. The average molecular weight is 369 g/mol. The molecule has 1 aliphatic rings. The first kappa shape index (κ1) is 22.5. The zero-order valence-electron chi connectivity index (χ0n) is 16.9. The second kappa shape index (κ2) is 10.5. The highest BCUT2D eigenvalue weighted by atomic mass is 16.4. The highest BCUT2D eigenvalue weighted by Crippen LogP contribution is 2.25. The van der Waals surface area contributed by atoms with E-state index in [4.69, 9.17) is 0 Å². The van der Waals surface area contributed by atoms with Crippen molar-refractivity contribution in [3.05, 3.63) is 0 Å². The van der Waals surface area contributed by atoms with Crippen molar-refractivity contribution < 1.29 is 19.5 Å². The van der Waals surface area contributed by atoms with E-state index in [1.54, 1.807) is 0 Å². The second-order valence-electron chi connectivity index (χ2n) is 8.58. The molecule has 1 saturated heterocycles. The topological polar surface area (TPSA) is 95.5 Å². The van der Waals surface area contributed by atoms with Crippen LogP contribution < -0.4 is 10.6 Å². The molecule has 0 radical (unpaired) electrons. The SMILES string of the molecule is CC(C)CCCC(C)CCC(CC(=O)O)C1NC(=O)C(C(C)C)NC1=O. The highest BCUT2D eigenvalue weighted by molar-refractivity contribution is 5.97. The number of hydrogen-bond acceptors (Lipinski definition) is 3. The Kier molecular flexibility index (Phi) is 9.09. The first-order chi connectivity index (χ1) is 12.1. The van der Waals surface area contributed by atoms with Crippen LogP contribution in [-0.2, 0) is 14.4 Å². The summed E-state index contributed by atoms with van der Waals surface area (Å²) >= 11 is 0. The normalized spacial score (nSPS) is 22.9. The van der Waals surface area contributed by atoms with Crippen LogP contribution in [-0.4, -0.2) is 35.0 Å². The van der Waals surface area contributed by atoms with Gasteiger partial charge in [0.15, 0.2) is 0 Å². The number of amides is 2. The van der Waals surface area contributed by atoms with Gasteiger partial charge in [-0.3, -0.25) is 14.4 Å². The molecule has 0 aromatic rings. The molecule has 6 nitrogen and oxygen atoms in total. The van der Waals surface area contributed by atoms with Gasteiger partial charge in [-0.15, -0.1) is 0 Å². The van der Waals surface area contributed by atoms with E-state index < -0.39 is 18.1 Å². The maximum absolute atomic E-state index is 12.5. The quantitative estimate of drug-likeness (QED) is 0.522. The molecule has 4 unspecified atom stereocenters. The Bertz CT molecular complexity index is 490. The Morgan fingerprint density at radius 3 is 2.04 bits per heavy atom. The summed E-state index contributed by atoms with van der Waals surface area (Å²) in [6, 6.07) is -1.30. The van der Waals surface area contributed by atoms with Crippen LogP contribution >= 0.6 is 0 Å². The largest absolute Gasteiger partial charge is 0.481 e. The molecule has 1 heterocycles. The Morgan fingerprint density at radius 2 is 1.50 bits per heavy atom. The minimum Gasteiger partial charge on any atom is -0.481 e. The van der Waals surface area contributed by atoms with E-state index in [0.717, 1.165) is 12.8 Å². The number of piperazine rings is 1. The third kappa shape index (κ3) is 7.34. The van der Waals surface area contributed by atoms with Crippen molar-refractivity contribution in [2.75, 3.05) is 0 Å². The van der Waals surface area contributed by atoms with Gasteiger partial charge in [0, 0.05) is 0 Å². The number of carbonyl (C=O) groups excluding carboxylic acids is 2. The van der Waals surface area contributed by atoms with E-state index in [-0.39, 0.29) is 30.1 Å². The molecule has 26 heavy (non-hydrogen) atoms. The number of hydrogen-bond donors (Lipinski definition) is 3. The van der Waals surface area contributed by atoms with Crippen molar-refractivity contribution in [1.82, 2.24) is 10.6 Å². The minimum atomic E-state index is -0.935. The summed E-state index contributed by atoms with van der Waals surface area (Å²) in [7, 11) is 0. The Balaban J connectivity index is 2.64. The van der Waals surface area contributed by atoms with Crippen LogP contribution in [0, 0.1) is 23.7 Å². The highest BCUT2D eigenvalue weighted by Gasteiger charge is 2.39. The van der Waals surface area contributed by atoms with Crippen LogP contribution in [0.2, 0.25) is 0 Å². The lowest BCUT2D eigenvalue weighted by Crippen LogP contribution is -2.65. The van der Waals surface area contributed by atoms with Gasteiger partial charge in [-0.1, -0.05) is 60.3 Å². The summed E-state index contributed by atoms with van der Waals surface area (Å²) < 4.78 is 0. The van der Waals surface area contributed by atoms with Gasteiger partial charge in [-0.25, -0.2) is 0 Å². The monoisotopic (exact) mass is 368 g/mol. The number of nitrogens with one attached hydrogen (secondary N) is 2. The minimum absolute atomic E-state index is 0.00111. The molecule has 0 aromatic heterocycles. The first-order valence-corrected chi connectivity index (χ1v) is 9.94. The van der Waals surface area contributed by atoms with Crippen molar-refractivity contribution in [3.8, 4) is 0 Å². The summed E-state index contributed by atoms with van der Waals surface area (Å²) in [6.45, 7) is 10.3. The van der Waals surface area contributed by atoms with Crippen molar-refractivity contribution >= 4 is 17.8 Å². The number of carboxylic acids is 1. The number of carboxylic acid groups (broad SMARTS) is 1. The van der Waals surface area contributed by atoms with Gasteiger partial charge in [0.05, 0.1) is 6.42 Å². The number of rotatable bonds is 11. The van der Waals surface area contributed by atoms with E-state index in [1.165, 1.54) is 12.8 Å². The lowest BCUT2D eigenvalue weighted by atomic mass is 9.84.